The van der Waals surface area contributed by atoms with Gasteiger partial charge in [0, 0.05) is 36.8 Å². The number of aromatic hydroxyl groups is 2. The van der Waals surface area contributed by atoms with E-state index in [-0.39, 0.29) is 42.8 Å². The minimum absolute atomic E-state index is 0.0397. The van der Waals surface area contributed by atoms with Crippen molar-refractivity contribution in [1.29, 1.82) is 0 Å². The van der Waals surface area contributed by atoms with Crippen molar-refractivity contribution in [3.8, 4) is 39.9 Å². The molecule has 8 atom stereocenters. The monoisotopic (exact) mass is 726 g/mol. The molecule has 5 N–H and O–H groups in total. The van der Waals surface area contributed by atoms with Gasteiger partial charge in [0.05, 0.1) is 19.3 Å². The second-order valence-electron chi connectivity index (χ2n) is 16.5. The Morgan fingerprint density at radius 3 is 2.51 bits per heavy atom. The molecule has 4 aliphatic rings. The van der Waals surface area contributed by atoms with Crippen LogP contribution >= 0.6 is 0 Å². The minimum Gasteiger partial charge on any atom is -0.508 e. The van der Waals surface area contributed by atoms with E-state index < -0.39 is 12.2 Å². The van der Waals surface area contributed by atoms with Crippen LogP contribution in [0.3, 0.4) is 0 Å². The number of aliphatic hydroxyl groups excluding tert-OH is 3. The van der Waals surface area contributed by atoms with Crippen LogP contribution in [-0.4, -0.2) is 58.1 Å². The van der Waals surface area contributed by atoms with Crippen LogP contribution in [0.2, 0.25) is 0 Å². The first kappa shape index (κ1) is 37.6. The molecule has 0 bridgehead atoms. The fourth-order valence-corrected chi connectivity index (χ4v) is 9.86. The molecule has 1 heterocycles. The van der Waals surface area contributed by atoms with Crippen molar-refractivity contribution in [2.45, 2.75) is 109 Å². The molecule has 8 heteroatoms. The first-order valence-corrected chi connectivity index (χ1v) is 19.9. The van der Waals surface area contributed by atoms with E-state index in [1.165, 1.54) is 0 Å². The van der Waals surface area contributed by atoms with Gasteiger partial charge in [0.1, 0.15) is 23.4 Å². The van der Waals surface area contributed by atoms with Crippen molar-refractivity contribution in [1.82, 2.24) is 0 Å². The quantitative estimate of drug-likeness (QED) is 0.125. The van der Waals surface area contributed by atoms with Gasteiger partial charge in [-0.25, -0.2) is 0 Å². The zero-order valence-electron chi connectivity index (χ0n) is 31.8. The third-order valence-electron chi connectivity index (χ3n) is 12.5. The van der Waals surface area contributed by atoms with E-state index in [0.717, 1.165) is 91.2 Å². The highest BCUT2D eigenvalue weighted by atomic mass is 16.5. The van der Waals surface area contributed by atoms with Crippen LogP contribution in [0.1, 0.15) is 106 Å². The Morgan fingerprint density at radius 1 is 0.943 bits per heavy atom. The maximum Gasteiger partial charge on any atom is 0.161 e. The van der Waals surface area contributed by atoms with E-state index >= 15 is 0 Å². The lowest BCUT2D eigenvalue weighted by atomic mass is 9.65. The second kappa shape index (κ2) is 15.9. The fraction of sp³-hybridized carbons (Fsp3) is 0.556. The molecule has 286 valence electrons. The molecular weight excluding hydrogens is 668 g/mol. The summed E-state index contributed by atoms with van der Waals surface area (Å²) in [6.07, 6.45) is 11.2. The van der Waals surface area contributed by atoms with Crippen LogP contribution in [-0.2, 0) is 19.3 Å². The Kier molecular flexibility index (Phi) is 11.3. The smallest absolute Gasteiger partial charge is 0.161 e. The lowest BCUT2D eigenvalue weighted by Crippen LogP contribution is -2.33. The molecule has 53 heavy (non-hydrogen) atoms. The van der Waals surface area contributed by atoms with Crippen LogP contribution in [0, 0.1) is 29.6 Å². The number of hydrogen-bond acceptors (Lipinski definition) is 8. The Labute approximate surface area is 314 Å². The summed E-state index contributed by atoms with van der Waals surface area (Å²) in [5, 5.41) is 53.5. The highest BCUT2D eigenvalue weighted by Crippen LogP contribution is 2.56. The maximum absolute atomic E-state index is 11.9. The van der Waals surface area contributed by atoms with Crippen LogP contribution in [0.4, 0.5) is 0 Å². The maximum atomic E-state index is 11.9. The van der Waals surface area contributed by atoms with Gasteiger partial charge in [0.25, 0.3) is 0 Å². The Morgan fingerprint density at radius 2 is 1.77 bits per heavy atom. The summed E-state index contributed by atoms with van der Waals surface area (Å²) in [6, 6.07) is 11.3. The van der Waals surface area contributed by atoms with E-state index in [0.29, 0.717) is 52.7 Å². The molecule has 1 fully saturated rings. The molecular formula is C45H58O8. The van der Waals surface area contributed by atoms with Gasteiger partial charge in [-0.2, -0.15) is 0 Å². The van der Waals surface area contributed by atoms with Gasteiger partial charge >= 0.3 is 0 Å². The number of aliphatic hydroxyl groups is 3. The molecule has 0 radical (unpaired) electrons. The van der Waals surface area contributed by atoms with Gasteiger partial charge in [-0.15, -0.1) is 0 Å². The van der Waals surface area contributed by atoms with Gasteiger partial charge in [-0.3, -0.25) is 0 Å². The Bertz CT molecular complexity index is 1800. The number of fused-ring (bicyclic) bond motifs is 5. The lowest BCUT2D eigenvalue weighted by molar-refractivity contribution is 0.0198. The predicted molar refractivity (Wildman–Crippen MR) is 206 cm³/mol. The lowest BCUT2D eigenvalue weighted by Gasteiger charge is -2.42. The van der Waals surface area contributed by atoms with Crippen LogP contribution in [0.25, 0.3) is 11.1 Å². The molecule has 8 nitrogen and oxygen atoms in total. The van der Waals surface area contributed by atoms with Crippen LogP contribution < -0.4 is 14.2 Å². The summed E-state index contributed by atoms with van der Waals surface area (Å²) < 4.78 is 19.3. The summed E-state index contributed by atoms with van der Waals surface area (Å²) in [7, 11) is 1.69. The molecule has 3 aromatic rings. The van der Waals surface area contributed by atoms with Crippen molar-refractivity contribution < 1.29 is 39.7 Å². The molecule has 1 aliphatic heterocycles. The average molecular weight is 727 g/mol. The van der Waals surface area contributed by atoms with E-state index in [9.17, 15) is 25.5 Å². The van der Waals surface area contributed by atoms with E-state index in [1.54, 1.807) is 25.3 Å². The molecule has 0 saturated heterocycles. The Hall–Kier alpha value is -3.72. The normalized spacial score (nSPS) is 27.8. The van der Waals surface area contributed by atoms with Gasteiger partial charge in [-0.1, -0.05) is 45.4 Å². The zero-order valence-corrected chi connectivity index (χ0v) is 31.8. The number of phenols is 2. The number of benzene rings is 3. The van der Waals surface area contributed by atoms with Crippen LogP contribution in [0.15, 0.2) is 48.6 Å². The van der Waals surface area contributed by atoms with Crippen LogP contribution in [0.5, 0.6) is 28.7 Å². The summed E-state index contributed by atoms with van der Waals surface area (Å²) in [5.41, 5.74) is 6.96. The first-order chi connectivity index (χ1) is 25.6. The highest BCUT2D eigenvalue weighted by molar-refractivity contribution is 5.83. The van der Waals surface area contributed by atoms with Crippen molar-refractivity contribution in [2.75, 3.05) is 20.3 Å². The average Bonchev–Trinajstić information content (AvgIpc) is 3.15. The SMILES string of the molecule is CC[C@H]1C[C@H]([C@H]2Cc3cc(O)c(CC(C)C)cc3-c3c(OC)cc4c(c32)C[C@@H](O)[C@H](c2ccc(O)c(O[C@@H]3CCC[C@@H](CO)C3)c2)O4)C=C[C@@H]1CCO. The van der Waals surface area contributed by atoms with E-state index in [2.05, 4.69) is 39.0 Å². The molecule has 0 spiro atoms. The molecule has 3 aromatic carbocycles. The van der Waals surface area contributed by atoms with Crippen molar-refractivity contribution in [3.63, 3.8) is 0 Å². The fourth-order valence-electron chi connectivity index (χ4n) is 9.86. The van der Waals surface area contributed by atoms with E-state index in [1.807, 2.05) is 12.1 Å². The number of methoxy groups -OCH3 is 1. The molecule has 0 amide bonds. The second-order valence-corrected chi connectivity index (χ2v) is 16.5. The Balaban J connectivity index is 1.30. The molecule has 0 unspecified atom stereocenters. The zero-order chi connectivity index (χ0) is 37.4. The third kappa shape index (κ3) is 7.52. The summed E-state index contributed by atoms with van der Waals surface area (Å²) in [4.78, 5) is 0. The standard InChI is InChI=1S/C45H58O8/c1-5-27-17-29(10-9-28(27)13-14-46)34-18-31-20-38(49)32(15-25(2)3)19-35(31)44-42(51-4)23-40-36(43(34)44)22-39(50)45(53-40)30-11-12-37(48)41(21-30)52-33-8-6-7-26(16-33)24-47/h9-12,19-21,23,25-29,33-34,39,45-50H,5-8,13-18,22,24H2,1-4H3/t26-,27+,28-,29-,33-,34-,39-,45+/m1/s1. The van der Waals surface area contributed by atoms with Crippen molar-refractivity contribution in [2.24, 2.45) is 29.6 Å². The number of allylic oxidation sites excluding steroid dienone is 2. The topological polar surface area (TPSA) is 129 Å². The van der Waals surface area contributed by atoms with Gasteiger partial charge in [0.2, 0.25) is 0 Å². The van der Waals surface area contributed by atoms with Crippen molar-refractivity contribution >= 4 is 0 Å². The van der Waals surface area contributed by atoms with Gasteiger partial charge in [0.15, 0.2) is 11.5 Å². The number of rotatable bonds is 11. The predicted octanol–water partition coefficient (Wildman–Crippen LogP) is 8.18. The van der Waals surface area contributed by atoms with Gasteiger partial charge < -0.3 is 39.7 Å². The summed E-state index contributed by atoms with van der Waals surface area (Å²) in [5.74, 6) is 3.77. The van der Waals surface area contributed by atoms with Gasteiger partial charge in [-0.05, 0) is 139 Å². The first-order valence-electron chi connectivity index (χ1n) is 19.9. The third-order valence-corrected chi connectivity index (χ3v) is 12.5. The molecule has 1 saturated carbocycles. The molecule has 0 aromatic heterocycles. The number of hydrogen-bond donors (Lipinski definition) is 5. The number of phenolic OH excluding ortho intramolecular Hbond substituents is 2. The highest BCUT2D eigenvalue weighted by Gasteiger charge is 2.42. The minimum atomic E-state index is -0.858. The summed E-state index contributed by atoms with van der Waals surface area (Å²) in [6.45, 7) is 6.86. The van der Waals surface area contributed by atoms with Crippen molar-refractivity contribution in [3.05, 3.63) is 76.4 Å². The largest absolute Gasteiger partial charge is 0.508 e. The number of ether oxygens (including phenoxy) is 3. The molecule has 3 aliphatic carbocycles. The summed E-state index contributed by atoms with van der Waals surface area (Å²) >= 11 is 0. The van der Waals surface area contributed by atoms with E-state index in [4.69, 9.17) is 14.2 Å². The molecule has 7 rings (SSSR count).